The van der Waals surface area contributed by atoms with Gasteiger partial charge in [0.15, 0.2) is 0 Å². The Morgan fingerprint density at radius 1 is 1.37 bits per heavy atom. The van der Waals surface area contributed by atoms with E-state index in [0.29, 0.717) is 5.25 Å². The van der Waals surface area contributed by atoms with Gasteiger partial charge in [-0.05, 0) is 44.1 Å². The number of hydrogen-bond donors (Lipinski definition) is 2. The molecule has 1 aromatic carbocycles. The van der Waals surface area contributed by atoms with Crippen LogP contribution in [0.1, 0.15) is 36.0 Å². The van der Waals surface area contributed by atoms with Crippen LogP contribution < -0.4 is 5.32 Å². The van der Waals surface area contributed by atoms with Crippen LogP contribution in [-0.4, -0.2) is 28.6 Å². The number of halogens is 1. The summed E-state index contributed by atoms with van der Waals surface area (Å²) in [5.41, 5.74) is 0.133. The van der Waals surface area contributed by atoms with E-state index in [1.807, 2.05) is 11.8 Å². The molecule has 1 saturated carbocycles. The topological polar surface area (TPSA) is 49.3 Å². The van der Waals surface area contributed by atoms with Gasteiger partial charge in [-0.1, -0.05) is 0 Å². The van der Waals surface area contributed by atoms with Gasteiger partial charge >= 0.3 is 0 Å². The predicted octanol–water partition coefficient (Wildman–Crippen LogP) is 2.94. The summed E-state index contributed by atoms with van der Waals surface area (Å²) in [4.78, 5) is 12.0. The second-order valence-electron chi connectivity index (χ2n) is 4.84. The van der Waals surface area contributed by atoms with Crippen molar-refractivity contribution in [3.8, 4) is 5.75 Å². The van der Waals surface area contributed by atoms with Gasteiger partial charge in [0, 0.05) is 17.4 Å². The molecule has 0 saturated heterocycles. The first-order valence-electron chi connectivity index (χ1n) is 6.42. The summed E-state index contributed by atoms with van der Waals surface area (Å²) < 4.78 is 12.9. The standard InChI is InChI=1S/C14H18FNO2S/c1-19-11-5-3-10(4-6-11)16-14(18)12-7-2-9(15)8-13(12)17/h2,7-8,10-11,17H,3-6H2,1H3,(H,16,18). The van der Waals surface area contributed by atoms with Gasteiger partial charge in [0.25, 0.3) is 5.91 Å². The van der Waals surface area contributed by atoms with Crippen molar-refractivity contribution in [2.45, 2.75) is 37.0 Å². The molecular weight excluding hydrogens is 265 g/mol. The van der Waals surface area contributed by atoms with Crippen molar-refractivity contribution in [1.29, 1.82) is 0 Å². The molecule has 1 aromatic rings. The van der Waals surface area contributed by atoms with E-state index >= 15 is 0 Å². The number of nitrogens with one attached hydrogen (secondary N) is 1. The van der Waals surface area contributed by atoms with Crippen molar-refractivity contribution in [1.82, 2.24) is 5.32 Å². The van der Waals surface area contributed by atoms with Gasteiger partial charge in [-0.25, -0.2) is 4.39 Å². The van der Waals surface area contributed by atoms with E-state index in [4.69, 9.17) is 0 Å². The van der Waals surface area contributed by atoms with Crippen molar-refractivity contribution in [3.05, 3.63) is 29.6 Å². The number of aromatic hydroxyl groups is 1. The second-order valence-corrected chi connectivity index (χ2v) is 5.98. The maximum Gasteiger partial charge on any atom is 0.255 e. The Labute approximate surface area is 116 Å². The third-order valence-electron chi connectivity index (χ3n) is 3.55. The van der Waals surface area contributed by atoms with E-state index < -0.39 is 5.82 Å². The maximum atomic E-state index is 12.9. The van der Waals surface area contributed by atoms with Crippen LogP contribution in [0.3, 0.4) is 0 Å². The summed E-state index contributed by atoms with van der Waals surface area (Å²) in [5, 5.41) is 13.2. The number of phenols is 1. The normalized spacial score (nSPS) is 23.1. The number of amides is 1. The first-order valence-corrected chi connectivity index (χ1v) is 7.71. The monoisotopic (exact) mass is 283 g/mol. The van der Waals surface area contributed by atoms with Crippen LogP contribution in [0, 0.1) is 5.82 Å². The summed E-state index contributed by atoms with van der Waals surface area (Å²) in [6.45, 7) is 0. The molecule has 1 aliphatic rings. The summed E-state index contributed by atoms with van der Waals surface area (Å²) in [7, 11) is 0. The molecule has 0 heterocycles. The molecule has 1 fully saturated rings. The summed E-state index contributed by atoms with van der Waals surface area (Å²) in [5.74, 6) is -1.19. The number of rotatable bonds is 3. The van der Waals surface area contributed by atoms with Gasteiger partial charge in [0.05, 0.1) is 5.56 Å². The summed E-state index contributed by atoms with van der Waals surface area (Å²) in [6.07, 6.45) is 6.22. The average molecular weight is 283 g/mol. The zero-order valence-electron chi connectivity index (χ0n) is 10.9. The van der Waals surface area contributed by atoms with E-state index in [1.54, 1.807) is 0 Å². The molecule has 1 amide bonds. The van der Waals surface area contributed by atoms with Gasteiger partial charge in [-0.2, -0.15) is 11.8 Å². The molecule has 0 bridgehead atoms. The Balaban J connectivity index is 1.94. The lowest BCUT2D eigenvalue weighted by Crippen LogP contribution is -2.38. The molecule has 0 unspecified atom stereocenters. The van der Waals surface area contributed by atoms with Crippen molar-refractivity contribution in [3.63, 3.8) is 0 Å². The van der Waals surface area contributed by atoms with Crippen LogP contribution >= 0.6 is 11.8 Å². The van der Waals surface area contributed by atoms with E-state index in [0.717, 1.165) is 31.7 Å². The van der Waals surface area contributed by atoms with Crippen LogP contribution in [-0.2, 0) is 0 Å². The Hall–Kier alpha value is -1.23. The van der Waals surface area contributed by atoms with Gasteiger partial charge in [-0.15, -0.1) is 0 Å². The lowest BCUT2D eigenvalue weighted by molar-refractivity contribution is 0.0925. The number of hydrogen-bond acceptors (Lipinski definition) is 3. The first kappa shape index (κ1) is 14.2. The molecule has 1 aliphatic carbocycles. The minimum Gasteiger partial charge on any atom is -0.507 e. The Bertz CT molecular complexity index is 459. The molecule has 0 radical (unpaired) electrons. The lowest BCUT2D eigenvalue weighted by Gasteiger charge is -2.28. The summed E-state index contributed by atoms with van der Waals surface area (Å²) >= 11 is 1.87. The van der Waals surface area contributed by atoms with E-state index in [9.17, 15) is 14.3 Å². The van der Waals surface area contributed by atoms with Crippen molar-refractivity contribution >= 4 is 17.7 Å². The number of phenolic OH excluding ortho intramolecular Hbond substituents is 1. The third-order valence-corrected chi connectivity index (χ3v) is 4.69. The molecule has 0 spiro atoms. The number of carbonyl (C=O) groups is 1. The number of carbonyl (C=O) groups excluding carboxylic acids is 1. The Morgan fingerprint density at radius 2 is 2.05 bits per heavy atom. The molecule has 2 N–H and O–H groups in total. The fraction of sp³-hybridized carbons (Fsp3) is 0.500. The van der Waals surface area contributed by atoms with Gasteiger partial charge in [0.2, 0.25) is 0 Å². The highest BCUT2D eigenvalue weighted by atomic mass is 32.2. The van der Waals surface area contributed by atoms with E-state index in [2.05, 4.69) is 11.6 Å². The first-order chi connectivity index (χ1) is 9.10. The second kappa shape index (κ2) is 6.28. The van der Waals surface area contributed by atoms with E-state index in [1.165, 1.54) is 12.1 Å². The van der Waals surface area contributed by atoms with Crippen LogP contribution in [0.5, 0.6) is 5.75 Å². The van der Waals surface area contributed by atoms with Gasteiger partial charge in [-0.3, -0.25) is 4.79 Å². The summed E-state index contributed by atoms with van der Waals surface area (Å²) in [6, 6.07) is 3.60. The molecule has 2 rings (SSSR count). The van der Waals surface area contributed by atoms with Gasteiger partial charge in [0.1, 0.15) is 11.6 Å². The molecular formula is C14H18FNO2S. The van der Waals surface area contributed by atoms with Crippen LogP contribution in [0.4, 0.5) is 4.39 Å². The highest BCUT2D eigenvalue weighted by molar-refractivity contribution is 7.99. The lowest BCUT2D eigenvalue weighted by atomic mass is 9.94. The molecule has 5 heteroatoms. The molecule has 0 atom stereocenters. The van der Waals surface area contributed by atoms with E-state index in [-0.39, 0.29) is 23.3 Å². The maximum absolute atomic E-state index is 12.9. The van der Waals surface area contributed by atoms with Crippen molar-refractivity contribution < 1.29 is 14.3 Å². The van der Waals surface area contributed by atoms with Crippen LogP contribution in [0.15, 0.2) is 18.2 Å². The Kier molecular flexibility index (Phi) is 4.69. The molecule has 3 nitrogen and oxygen atoms in total. The quantitative estimate of drug-likeness (QED) is 0.896. The van der Waals surface area contributed by atoms with Crippen molar-refractivity contribution in [2.75, 3.05) is 6.26 Å². The SMILES string of the molecule is CSC1CCC(NC(=O)c2ccc(F)cc2O)CC1. The minimum absolute atomic E-state index is 0.133. The largest absolute Gasteiger partial charge is 0.507 e. The minimum atomic E-state index is -0.547. The highest BCUT2D eigenvalue weighted by Gasteiger charge is 2.23. The van der Waals surface area contributed by atoms with Crippen LogP contribution in [0.2, 0.25) is 0 Å². The van der Waals surface area contributed by atoms with Crippen molar-refractivity contribution in [2.24, 2.45) is 0 Å². The zero-order chi connectivity index (χ0) is 13.8. The fourth-order valence-electron chi connectivity index (χ4n) is 2.40. The predicted molar refractivity (Wildman–Crippen MR) is 75.1 cm³/mol. The average Bonchev–Trinajstić information content (AvgIpc) is 2.39. The van der Waals surface area contributed by atoms with Crippen LogP contribution in [0.25, 0.3) is 0 Å². The smallest absolute Gasteiger partial charge is 0.255 e. The van der Waals surface area contributed by atoms with Gasteiger partial charge < -0.3 is 10.4 Å². The zero-order valence-corrected chi connectivity index (χ0v) is 11.7. The molecule has 19 heavy (non-hydrogen) atoms. The molecule has 0 aromatic heterocycles. The fourth-order valence-corrected chi connectivity index (χ4v) is 3.15. The third kappa shape index (κ3) is 3.62. The highest BCUT2D eigenvalue weighted by Crippen LogP contribution is 2.27. The molecule has 104 valence electrons. The Morgan fingerprint density at radius 3 is 2.63 bits per heavy atom. The number of thioether (sulfide) groups is 1. The number of benzene rings is 1. The molecule has 0 aliphatic heterocycles.